The maximum absolute atomic E-state index is 13.0. The molecule has 140 valence electrons. The molecule has 1 atom stereocenters. The first-order valence-corrected chi connectivity index (χ1v) is 9.01. The molecule has 0 spiro atoms. The lowest BCUT2D eigenvalue weighted by atomic mass is 9.87. The Morgan fingerprint density at radius 1 is 1.19 bits per heavy atom. The normalized spacial score (nSPS) is 19.1. The zero-order chi connectivity index (χ0) is 19.6. The average molecular weight is 386 g/mol. The lowest BCUT2D eigenvalue weighted by Gasteiger charge is -2.25. The van der Waals surface area contributed by atoms with E-state index in [0.29, 0.717) is 22.7 Å². The van der Waals surface area contributed by atoms with E-state index in [1.807, 2.05) is 32.0 Å². The van der Waals surface area contributed by atoms with Gasteiger partial charge in [-0.2, -0.15) is 0 Å². The first kappa shape index (κ1) is 18.9. The summed E-state index contributed by atoms with van der Waals surface area (Å²) in [6.45, 7) is 3.28. The van der Waals surface area contributed by atoms with E-state index < -0.39 is 23.4 Å². The number of carbonyl (C=O) groups excluding carboxylic acids is 3. The van der Waals surface area contributed by atoms with Crippen LogP contribution in [0.3, 0.4) is 0 Å². The Kier molecular flexibility index (Phi) is 5.19. The number of imide groups is 1. The highest BCUT2D eigenvalue weighted by atomic mass is 35.5. The Bertz CT molecular complexity index is 901. The SMILES string of the molecule is CC[C@@]1(c2ccccc2)NC(=O)N(CC(=O)Nc2cc(Cl)ccc2C)C1=O. The van der Waals surface area contributed by atoms with Gasteiger partial charge in [0.2, 0.25) is 5.91 Å². The number of hydrogen-bond donors (Lipinski definition) is 2. The summed E-state index contributed by atoms with van der Waals surface area (Å²) in [6, 6.07) is 13.6. The fraction of sp³-hybridized carbons (Fsp3) is 0.250. The van der Waals surface area contributed by atoms with Crippen molar-refractivity contribution in [3.8, 4) is 0 Å². The standard InChI is InChI=1S/C20H20ClN3O3/c1-3-20(14-7-5-4-6-8-14)18(26)24(19(27)23-20)12-17(25)22-16-11-15(21)10-9-13(16)2/h4-11H,3,12H2,1-2H3,(H,22,25)(H,23,27)/t20-/m0/s1. The summed E-state index contributed by atoms with van der Waals surface area (Å²) in [6.07, 6.45) is 0.382. The van der Waals surface area contributed by atoms with Crippen molar-refractivity contribution >= 4 is 35.1 Å². The van der Waals surface area contributed by atoms with Crippen molar-refractivity contribution in [2.24, 2.45) is 0 Å². The summed E-state index contributed by atoms with van der Waals surface area (Å²) >= 11 is 5.96. The molecule has 3 rings (SSSR count). The fourth-order valence-electron chi connectivity index (χ4n) is 3.19. The van der Waals surface area contributed by atoms with Gasteiger partial charge in [-0.1, -0.05) is 54.9 Å². The molecule has 2 aromatic rings. The highest BCUT2D eigenvalue weighted by molar-refractivity contribution is 6.31. The van der Waals surface area contributed by atoms with Crippen LogP contribution in [0, 0.1) is 6.92 Å². The van der Waals surface area contributed by atoms with Gasteiger partial charge in [0.25, 0.3) is 5.91 Å². The largest absolute Gasteiger partial charge is 0.325 e. The summed E-state index contributed by atoms with van der Waals surface area (Å²) in [5.41, 5.74) is 0.922. The van der Waals surface area contributed by atoms with Crippen LogP contribution in [0.1, 0.15) is 24.5 Å². The number of benzene rings is 2. The molecule has 7 heteroatoms. The van der Waals surface area contributed by atoms with Gasteiger partial charge in [0.05, 0.1) is 0 Å². The van der Waals surface area contributed by atoms with Gasteiger partial charge in [-0.25, -0.2) is 4.79 Å². The molecule has 2 N–H and O–H groups in total. The molecule has 1 fully saturated rings. The molecule has 1 aliphatic heterocycles. The van der Waals surface area contributed by atoms with E-state index in [2.05, 4.69) is 10.6 Å². The van der Waals surface area contributed by atoms with Gasteiger partial charge in [0, 0.05) is 10.7 Å². The molecule has 0 unspecified atom stereocenters. The smallest absolute Gasteiger partial charge is 0.324 e. The van der Waals surface area contributed by atoms with Crippen molar-refractivity contribution in [1.29, 1.82) is 0 Å². The molecule has 0 saturated carbocycles. The third kappa shape index (κ3) is 3.53. The second kappa shape index (κ2) is 7.40. The Morgan fingerprint density at radius 2 is 1.89 bits per heavy atom. The van der Waals surface area contributed by atoms with Crippen molar-refractivity contribution in [1.82, 2.24) is 10.2 Å². The van der Waals surface area contributed by atoms with Gasteiger partial charge < -0.3 is 10.6 Å². The first-order valence-electron chi connectivity index (χ1n) is 8.63. The predicted octanol–water partition coefficient (Wildman–Crippen LogP) is 3.44. The predicted molar refractivity (Wildman–Crippen MR) is 103 cm³/mol. The van der Waals surface area contributed by atoms with Gasteiger partial charge in [-0.3, -0.25) is 14.5 Å². The lowest BCUT2D eigenvalue weighted by molar-refractivity contribution is -0.134. The summed E-state index contributed by atoms with van der Waals surface area (Å²) in [4.78, 5) is 38.8. The monoisotopic (exact) mass is 385 g/mol. The van der Waals surface area contributed by atoms with Crippen LogP contribution in [0.2, 0.25) is 5.02 Å². The van der Waals surface area contributed by atoms with Gasteiger partial charge in [0.15, 0.2) is 0 Å². The van der Waals surface area contributed by atoms with Crippen molar-refractivity contribution in [3.63, 3.8) is 0 Å². The molecule has 2 aromatic carbocycles. The molecular weight excluding hydrogens is 366 g/mol. The van der Waals surface area contributed by atoms with E-state index in [0.717, 1.165) is 10.5 Å². The van der Waals surface area contributed by atoms with E-state index in [4.69, 9.17) is 11.6 Å². The van der Waals surface area contributed by atoms with Gasteiger partial charge >= 0.3 is 6.03 Å². The van der Waals surface area contributed by atoms with E-state index in [1.54, 1.807) is 30.3 Å². The maximum Gasteiger partial charge on any atom is 0.325 e. The zero-order valence-corrected chi connectivity index (χ0v) is 15.8. The maximum atomic E-state index is 13.0. The number of carbonyl (C=O) groups is 3. The number of anilines is 1. The number of nitrogens with one attached hydrogen (secondary N) is 2. The topological polar surface area (TPSA) is 78.5 Å². The summed E-state index contributed by atoms with van der Waals surface area (Å²) in [5.74, 6) is -0.900. The molecule has 6 nitrogen and oxygen atoms in total. The Labute approximate surface area is 162 Å². The Morgan fingerprint density at radius 3 is 2.56 bits per heavy atom. The number of rotatable bonds is 5. The van der Waals surface area contributed by atoms with Gasteiger partial charge in [0.1, 0.15) is 12.1 Å². The Balaban J connectivity index is 1.79. The molecule has 1 saturated heterocycles. The molecule has 4 amide bonds. The second-order valence-electron chi connectivity index (χ2n) is 6.45. The minimum atomic E-state index is -1.15. The van der Waals surface area contributed by atoms with E-state index in [1.165, 1.54) is 0 Å². The van der Waals surface area contributed by atoms with Gasteiger partial charge in [-0.05, 0) is 36.6 Å². The third-order valence-electron chi connectivity index (χ3n) is 4.75. The zero-order valence-electron chi connectivity index (χ0n) is 15.1. The molecule has 1 aliphatic rings. The minimum Gasteiger partial charge on any atom is -0.324 e. The number of nitrogens with zero attached hydrogens (tertiary/aromatic N) is 1. The quantitative estimate of drug-likeness (QED) is 0.774. The number of halogens is 1. The fourth-order valence-corrected chi connectivity index (χ4v) is 3.37. The van der Waals surface area contributed by atoms with Crippen LogP contribution in [0.4, 0.5) is 10.5 Å². The molecule has 27 heavy (non-hydrogen) atoms. The van der Waals surface area contributed by atoms with Crippen LogP contribution < -0.4 is 10.6 Å². The van der Waals surface area contributed by atoms with Crippen LogP contribution >= 0.6 is 11.6 Å². The average Bonchev–Trinajstić information content (AvgIpc) is 2.90. The molecule has 0 bridgehead atoms. The molecule has 0 aliphatic carbocycles. The van der Waals surface area contributed by atoms with Crippen LogP contribution in [0.5, 0.6) is 0 Å². The van der Waals surface area contributed by atoms with Crippen molar-refractivity contribution in [2.75, 3.05) is 11.9 Å². The van der Waals surface area contributed by atoms with Crippen LogP contribution in [-0.2, 0) is 15.1 Å². The lowest BCUT2D eigenvalue weighted by Crippen LogP contribution is -2.44. The highest BCUT2D eigenvalue weighted by Gasteiger charge is 2.51. The Hall–Kier alpha value is -2.86. The highest BCUT2D eigenvalue weighted by Crippen LogP contribution is 2.32. The van der Waals surface area contributed by atoms with Crippen molar-refractivity contribution in [2.45, 2.75) is 25.8 Å². The van der Waals surface area contributed by atoms with Crippen LogP contribution in [-0.4, -0.2) is 29.3 Å². The number of hydrogen-bond acceptors (Lipinski definition) is 3. The number of urea groups is 1. The van der Waals surface area contributed by atoms with Gasteiger partial charge in [-0.15, -0.1) is 0 Å². The number of aryl methyl sites for hydroxylation is 1. The minimum absolute atomic E-state index is 0.370. The summed E-state index contributed by atoms with van der Waals surface area (Å²) < 4.78 is 0. The summed E-state index contributed by atoms with van der Waals surface area (Å²) in [7, 11) is 0. The molecule has 0 aromatic heterocycles. The second-order valence-corrected chi connectivity index (χ2v) is 6.89. The molecule has 0 radical (unpaired) electrons. The molecule has 1 heterocycles. The van der Waals surface area contributed by atoms with Crippen molar-refractivity contribution in [3.05, 3.63) is 64.7 Å². The van der Waals surface area contributed by atoms with E-state index in [-0.39, 0.29) is 6.54 Å². The van der Waals surface area contributed by atoms with E-state index >= 15 is 0 Å². The van der Waals surface area contributed by atoms with Crippen molar-refractivity contribution < 1.29 is 14.4 Å². The van der Waals surface area contributed by atoms with E-state index in [9.17, 15) is 14.4 Å². The van der Waals surface area contributed by atoms with Crippen LogP contribution in [0.15, 0.2) is 48.5 Å². The van der Waals surface area contributed by atoms with Crippen LogP contribution in [0.25, 0.3) is 0 Å². The summed E-state index contributed by atoms with van der Waals surface area (Å²) in [5, 5.41) is 5.95. The molecular formula is C20H20ClN3O3. The first-order chi connectivity index (χ1) is 12.9. The third-order valence-corrected chi connectivity index (χ3v) is 4.98. The number of amides is 4.